The molecule has 1 N–H and O–H groups in total. The first-order chi connectivity index (χ1) is 8.84. The zero-order valence-electron chi connectivity index (χ0n) is 10.8. The van der Waals surface area contributed by atoms with E-state index in [1.165, 1.54) is 4.68 Å². The molecule has 0 aliphatic carbocycles. The quantitative estimate of drug-likeness (QED) is 0.895. The average molecular weight is 306 g/mol. The van der Waals surface area contributed by atoms with Crippen molar-refractivity contribution in [2.45, 2.75) is 32.9 Å². The van der Waals surface area contributed by atoms with E-state index in [-0.39, 0.29) is 23.5 Å². The average Bonchev–Trinajstić information content (AvgIpc) is 2.80. The molecule has 1 unspecified atom stereocenters. The van der Waals surface area contributed by atoms with Gasteiger partial charge in [0.2, 0.25) is 0 Å². The Bertz CT molecular complexity index is 609. The molecule has 0 aromatic carbocycles. The molecule has 1 atom stereocenters. The van der Waals surface area contributed by atoms with Crippen LogP contribution in [0.4, 0.5) is 0 Å². The van der Waals surface area contributed by atoms with E-state index in [1.807, 2.05) is 6.92 Å². The molecule has 2 heterocycles. The Morgan fingerprint density at radius 3 is 2.79 bits per heavy atom. The zero-order valence-corrected chi connectivity index (χ0v) is 12.4. The van der Waals surface area contributed by atoms with Gasteiger partial charge in [-0.05, 0) is 20.3 Å². The molecule has 106 valence electrons. The summed E-state index contributed by atoms with van der Waals surface area (Å²) in [6.45, 7) is 4.12. The molecule has 1 aliphatic rings. The Morgan fingerprint density at radius 1 is 1.58 bits per heavy atom. The largest absolute Gasteiger partial charge is 0.347 e. The Kier molecular flexibility index (Phi) is 3.87. The molecule has 1 saturated heterocycles. The number of nitrogens with one attached hydrogen (secondary N) is 1. The fourth-order valence-electron chi connectivity index (χ4n) is 2.17. The molecule has 1 fully saturated rings. The highest BCUT2D eigenvalue weighted by atomic mass is 35.5. The summed E-state index contributed by atoms with van der Waals surface area (Å²) in [5, 5.41) is 7.19. The molecule has 6 nitrogen and oxygen atoms in total. The minimum absolute atomic E-state index is 0.00436. The molecule has 2 rings (SSSR count). The maximum absolute atomic E-state index is 12.2. The molecule has 1 aliphatic heterocycles. The highest BCUT2D eigenvalue weighted by Crippen LogP contribution is 2.21. The lowest BCUT2D eigenvalue weighted by molar-refractivity contribution is 0.0930. The Labute approximate surface area is 117 Å². The summed E-state index contributed by atoms with van der Waals surface area (Å²) in [6, 6.07) is -0.339. The molecule has 1 amide bonds. The van der Waals surface area contributed by atoms with Gasteiger partial charge in [-0.25, -0.2) is 8.42 Å². The monoisotopic (exact) mass is 305 g/mol. The van der Waals surface area contributed by atoms with Crippen LogP contribution < -0.4 is 5.32 Å². The van der Waals surface area contributed by atoms with Gasteiger partial charge in [0.05, 0.1) is 22.2 Å². The fraction of sp³-hybridized carbons (Fsp3) is 0.636. The Morgan fingerprint density at radius 2 is 2.26 bits per heavy atom. The van der Waals surface area contributed by atoms with E-state index in [1.54, 1.807) is 6.92 Å². The van der Waals surface area contributed by atoms with Crippen LogP contribution in [0.5, 0.6) is 0 Å². The number of hydrogen-bond donors (Lipinski definition) is 1. The fourth-order valence-corrected chi connectivity index (χ4v) is 4.06. The van der Waals surface area contributed by atoms with E-state index in [2.05, 4.69) is 10.4 Å². The lowest BCUT2D eigenvalue weighted by Gasteiger charge is -2.11. The number of rotatable bonds is 3. The third-order valence-corrected chi connectivity index (χ3v) is 5.36. The van der Waals surface area contributed by atoms with E-state index in [9.17, 15) is 13.2 Å². The summed E-state index contributed by atoms with van der Waals surface area (Å²) >= 11 is 6.07. The third-order valence-electron chi connectivity index (χ3n) is 3.14. The first-order valence-corrected chi connectivity index (χ1v) is 8.28. The van der Waals surface area contributed by atoms with Crippen LogP contribution in [0.1, 0.15) is 29.5 Å². The van der Waals surface area contributed by atoms with Crippen LogP contribution in [-0.2, 0) is 16.4 Å². The highest BCUT2D eigenvalue weighted by molar-refractivity contribution is 7.91. The van der Waals surface area contributed by atoms with Crippen LogP contribution in [0.15, 0.2) is 0 Å². The van der Waals surface area contributed by atoms with Crippen LogP contribution in [0.3, 0.4) is 0 Å². The van der Waals surface area contributed by atoms with E-state index in [4.69, 9.17) is 11.6 Å². The molecule has 0 radical (unpaired) electrons. The van der Waals surface area contributed by atoms with Gasteiger partial charge < -0.3 is 5.32 Å². The second-order valence-corrected chi connectivity index (χ2v) is 7.24. The predicted octanol–water partition coefficient (Wildman–Crippen LogP) is 0.782. The lowest BCUT2D eigenvalue weighted by atomic mass is 10.2. The van der Waals surface area contributed by atoms with E-state index >= 15 is 0 Å². The van der Waals surface area contributed by atoms with E-state index < -0.39 is 9.84 Å². The number of carbonyl (C=O) groups is 1. The van der Waals surface area contributed by atoms with Crippen molar-refractivity contribution in [3.05, 3.63) is 16.4 Å². The van der Waals surface area contributed by atoms with Crippen LogP contribution in [0.25, 0.3) is 0 Å². The maximum atomic E-state index is 12.2. The van der Waals surface area contributed by atoms with Gasteiger partial charge in [0.15, 0.2) is 9.84 Å². The van der Waals surface area contributed by atoms with Crippen molar-refractivity contribution in [1.82, 2.24) is 15.1 Å². The summed E-state index contributed by atoms with van der Waals surface area (Å²) in [7, 11) is -3.01. The minimum Gasteiger partial charge on any atom is -0.347 e. The van der Waals surface area contributed by atoms with Crippen molar-refractivity contribution in [1.29, 1.82) is 0 Å². The SMILES string of the molecule is CCn1nc(C)c(Cl)c1C(=O)NC1CCS(=O)(=O)C1. The van der Waals surface area contributed by atoms with Crippen molar-refractivity contribution >= 4 is 27.3 Å². The first kappa shape index (κ1) is 14.3. The van der Waals surface area contributed by atoms with Gasteiger partial charge in [0, 0.05) is 12.6 Å². The standard InChI is InChI=1S/C11H16ClN3O3S/c1-3-15-10(9(12)7(2)14-15)11(16)13-8-4-5-19(17,18)6-8/h8H,3-6H2,1-2H3,(H,13,16). The topological polar surface area (TPSA) is 81.1 Å². The molecule has 0 spiro atoms. The van der Waals surface area contributed by atoms with Gasteiger partial charge in [0.1, 0.15) is 5.69 Å². The highest BCUT2D eigenvalue weighted by Gasteiger charge is 2.30. The second kappa shape index (κ2) is 5.13. The lowest BCUT2D eigenvalue weighted by Crippen LogP contribution is -2.36. The normalized spacial score (nSPS) is 21.5. The van der Waals surface area contributed by atoms with Gasteiger partial charge in [-0.15, -0.1) is 0 Å². The van der Waals surface area contributed by atoms with Gasteiger partial charge in [-0.1, -0.05) is 11.6 Å². The zero-order chi connectivity index (χ0) is 14.2. The molecule has 0 bridgehead atoms. The summed E-state index contributed by atoms with van der Waals surface area (Å²) in [6.07, 6.45) is 0.449. The van der Waals surface area contributed by atoms with Crippen molar-refractivity contribution in [3.8, 4) is 0 Å². The summed E-state index contributed by atoms with van der Waals surface area (Å²) in [5.41, 5.74) is 0.888. The number of aromatic nitrogens is 2. The molecule has 0 saturated carbocycles. The molecular weight excluding hydrogens is 290 g/mol. The van der Waals surface area contributed by atoms with Gasteiger partial charge in [-0.3, -0.25) is 9.48 Å². The number of amides is 1. The molecular formula is C11H16ClN3O3S. The van der Waals surface area contributed by atoms with E-state index in [0.29, 0.717) is 29.4 Å². The van der Waals surface area contributed by atoms with Gasteiger partial charge in [-0.2, -0.15) is 5.10 Å². The smallest absolute Gasteiger partial charge is 0.271 e. The number of hydrogen-bond acceptors (Lipinski definition) is 4. The Balaban J connectivity index is 2.17. The maximum Gasteiger partial charge on any atom is 0.271 e. The predicted molar refractivity (Wildman–Crippen MR) is 72.2 cm³/mol. The number of halogens is 1. The molecule has 8 heteroatoms. The number of sulfone groups is 1. The first-order valence-electron chi connectivity index (χ1n) is 6.08. The number of aryl methyl sites for hydroxylation is 2. The van der Waals surface area contributed by atoms with Gasteiger partial charge in [0.25, 0.3) is 5.91 Å². The van der Waals surface area contributed by atoms with Crippen molar-refractivity contribution in [2.75, 3.05) is 11.5 Å². The molecule has 1 aromatic heterocycles. The molecule has 19 heavy (non-hydrogen) atoms. The van der Waals surface area contributed by atoms with Crippen LogP contribution >= 0.6 is 11.6 Å². The minimum atomic E-state index is -3.01. The van der Waals surface area contributed by atoms with Crippen molar-refractivity contribution in [3.63, 3.8) is 0 Å². The van der Waals surface area contributed by atoms with Crippen molar-refractivity contribution < 1.29 is 13.2 Å². The van der Waals surface area contributed by atoms with Crippen LogP contribution in [0.2, 0.25) is 5.02 Å². The second-order valence-electron chi connectivity index (χ2n) is 4.64. The molecule has 1 aromatic rings. The third kappa shape index (κ3) is 2.92. The Hall–Kier alpha value is -1.08. The van der Waals surface area contributed by atoms with Crippen molar-refractivity contribution in [2.24, 2.45) is 0 Å². The summed E-state index contributed by atoms with van der Waals surface area (Å²) in [5.74, 6) is -0.248. The van der Waals surface area contributed by atoms with Crippen LogP contribution in [-0.4, -0.2) is 41.7 Å². The van der Waals surface area contributed by atoms with Crippen LogP contribution in [0, 0.1) is 6.92 Å². The number of nitrogens with zero attached hydrogens (tertiary/aromatic N) is 2. The summed E-state index contributed by atoms with van der Waals surface area (Å²) < 4.78 is 24.2. The summed E-state index contributed by atoms with van der Waals surface area (Å²) in [4.78, 5) is 12.2. The van der Waals surface area contributed by atoms with E-state index in [0.717, 1.165) is 0 Å². The van der Waals surface area contributed by atoms with Gasteiger partial charge >= 0.3 is 0 Å². The number of carbonyl (C=O) groups excluding carboxylic acids is 1.